The second-order valence-corrected chi connectivity index (χ2v) is 6.36. The van der Waals surface area contributed by atoms with Gasteiger partial charge in [0.15, 0.2) is 12.7 Å². The summed E-state index contributed by atoms with van der Waals surface area (Å²) in [6.07, 6.45) is 0.00833. The van der Waals surface area contributed by atoms with E-state index in [1.807, 2.05) is 30.3 Å². The molecular formula is C22H27NO5. The first-order valence-corrected chi connectivity index (χ1v) is 9.32. The van der Waals surface area contributed by atoms with Crippen LogP contribution in [0.25, 0.3) is 0 Å². The zero-order valence-corrected chi connectivity index (χ0v) is 16.5. The van der Waals surface area contributed by atoms with Crippen molar-refractivity contribution in [2.24, 2.45) is 0 Å². The first-order chi connectivity index (χ1) is 13.5. The van der Waals surface area contributed by atoms with Crippen LogP contribution in [0.3, 0.4) is 0 Å². The van der Waals surface area contributed by atoms with Crippen LogP contribution in [0.15, 0.2) is 54.6 Å². The first-order valence-electron chi connectivity index (χ1n) is 9.32. The summed E-state index contributed by atoms with van der Waals surface area (Å²) < 4.78 is 15.6. The highest BCUT2D eigenvalue weighted by atomic mass is 16.6. The monoisotopic (exact) mass is 385 g/mol. The van der Waals surface area contributed by atoms with Crippen molar-refractivity contribution < 1.29 is 23.8 Å². The summed E-state index contributed by atoms with van der Waals surface area (Å²) in [6.45, 7) is 3.84. The minimum Gasteiger partial charge on any atom is -0.497 e. The maximum Gasteiger partial charge on any atom is 0.344 e. The van der Waals surface area contributed by atoms with E-state index in [0.717, 1.165) is 6.42 Å². The number of nitrogens with one attached hydrogen (secondary N) is 1. The third kappa shape index (κ3) is 6.61. The summed E-state index contributed by atoms with van der Waals surface area (Å²) in [5, 5.41) is 2.85. The molecule has 6 nitrogen and oxygen atoms in total. The molecule has 0 aliphatic rings. The van der Waals surface area contributed by atoms with E-state index in [1.165, 1.54) is 5.56 Å². The van der Waals surface area contributed by atoms with Gasteiger partial charge in [0, 0.05) is 12.5 Å². The minimum atomic E-state index is -0.889. The summed E-state index contributed by atoms with van der Waals surface area (Å²) in [5.41, 5.74) is 1.17. The van der Waals surface area contributed by atoms with E-state index in [0.29, 0.717) is 18.0 Å². The van der Waals surface area contributed by atoms with Crippen LogP contribution in [0.4, 0.5) is 0 Å². The summed E-state index contributed by atoms with van der Waals surface area (Å²) in [4.78, 5) is 24.2. The maximum absolute atomic E-state index is 12.2. The predicted octanol–water partition coefficient (Wildman–Crippen LogP) is 3.32. The van der Waals surface area contributed by atoms with Crippen LogP contribution in [0.1, 0.15) is 31.7 Å². The quantitative estimate of drug-likeness (QED) is 0.635. The highest BCUT2D eigenvalue weighted by molar-refractivity contribution is 5.83. The lowest BCUT2D eigenvalue weighted by Gasteiger charge is -2.18. The molecule has 0 saturated carbocycles. The zero-order chi connectivity index (χ0) is 20.4. The van der Waals surface area contributed by atoms with E-state index < -0.39 is 12.1 Å². The fraction of sp³-hybridized carbons (Fsp3) is 0.364. The van der Waals surface area contributed by atoms with Crippen LogP contribution in [-0.2, 0) is 14.3 Å². The Labute approximate surface area is 165 Å². The fourth-order valence-corrected chi connectivity index (χ4v) is 2.69. The lowest BCUT2D eigenvalue weighted by molar-refractivity contribution is -0.156. The molecule has 0 aromatic heterocycles. The van der Waals surface area contributed by atoms with Gasteiger partial charge >= 0.3 is 5.97 Å². The Kier molecular flexibility index (Phi) is 8.34. The standard InChI is InChI=1S/C22H27NO5/c1-4-17(18-8-6-5-7-9-18)14-23-22(25)16(2)28-21(24)15-27-20-12-10-19(26-3)11-13-20/h5-13,16-17H,4,14-15H2,1-3H3,(H,23,25)/t16-,17+/m1/s1. The summed E-state index contributed by atoms with van der Waals surface area (Å²) in [6, 6.07) is 16.8. The molecule has 1 amide bonds. The number of hydrogen-bond acceptors (Lipinski definition) is 5. The van der Waals surface area contributed by atoms with Gasteiger partial charge in [0.05, 0.1) is 7.11 Å². The van der Waals surface area contributed by atoms with E-state index in [9.17, 15) is 9.59 Å². The smallest absolute Gasteiger partial charge is 0.344 e. The topological polar surface area (TPSA) is 73.9 Å². The van der Waals surface area contributed by atoms with Gasteiger partial charge in [-0.2, -0.15) is 0 Å². The van der Waals surface area contributed by atoms with E-state index in [-0.39, 0.29) is 18.4 Å². The fourth-order valence-electron chi connectivity index (χ4n) is 2.69. The maximum atomic E-state index is 12.2. The van der Waals surface area contributed by atoms with Crippen LogP contribution in [0, 0.1) is 0 Å². The van der Waals surface area contributed by atoms with Gasteiger partial charge < -0.3 is 19.5 Å². The van der Waals surface area contributed by atoms with Gasteiger partial charge in [-0.25, -0.2) is 4.79 Å². The molecule has 0 bridgehead atoms. The molecule has 2 aromatic carbocycles. The molecule has 2 aromatic rings. The molecule has 2 atom stereocenters. The number of methoxy groups -OCH3 is 1. The molecule has 0 heterocycles. The van der Waals surface area contributed by atoms with Gasteiger partial charge in [-0.15, -0.1) is 0 Å². The largest absolute Gasteiger partial charge is 0.497 e. The van der Waals surface area contributed by atoms with Crippen molar-refractivity contribution in [1.82, 2.24) is 5.32 Å². The van der Waals surface area contributed by atoms with Gasteiger partial charge in [-0.05, 0) is 43.2 Å². The zero-order valence-electron chi connectivity index (χ0n) is 16.5. The molecule has 0 radical (unpaired) electrons. The van der Waals surface area contributed by atoms with E-state index in [1.54, 1.807) is 38.3 Å². The number of rotatable bonds is 10. The Bertz CT molecular complexity index is 745. The van der Waals surface area contributed by atoms with Crippen LogP contribution in [0.2, 0.25) is 0 Å². The molecule has 0 saturated heterocycles. The number of amides is 1. The Morgan fingerprint density at radius 1 is 1.00 bits per heavy atom. The number of carbonyl (C=O) groups excluding carboxylic acids is 2. The molecule has 28 heavy (non-hydrogen) atoms. The SMILES string of the molecule is CC[C@@H](CNC(=O)[C@@H](C)OC(=O)COc1ccc(OC)cc1)c1ccccc1. The van der Waals surface area contributed by atoms with E-state index in [4.69, 9.17) is 14.2 Å². The number of ether oxygens (including phenoxy) is 3. The lowest BCUT2D eigenvalue weighted by atomic mass is 9.96. The summed E-state index contributed by atoms with van der Waals surface area (Å²) >= 11 is 0. The van der Waals surface area contributed by atoms with Crippen molar-refractivity contribution in [2.75, 3.05) is 20.3 Å². The van der Waals surface area contributed by atoms with Gasteiger partial charge in [-0.3, -0.25) is 4.79 Å². The highest BCUT2D eigenvalue weighted by Gasteiger charge is 2.19. The molecule has 0 unspecified atom stereocenters. The molecule has 150 valence electrons. The molecule has 2 rings (SSSR count). The molecule has 0 fully saturated rings. The molecule has 0 aliphatic carbocycles. The van der Waals surface area contributed by atoms with Crippen LogP contribution in [0.5, 0.6) is 11.5 Å². The van der Waals surface area contributed by atoms with E-state index in [2.05, 4.69) is 12.2 Å². The van der Waals surface area contributed by atoms with Crippen molar-refractivity contribution in [2.45, 2.75) is 32.3 Å². The van der Waals surface area contributed by atoms with Gasteiger partial charge in [0.2, 0.25) is 0 Å². The van der Waals surface area contributed by atoms with E-state index >= 15 is 0 Å². The van der Waals surface area contributed by atoms with Crippen molar-refractivity contribution in [3.63, 3.8) is 0 Å². The molecule has 0 aliphatic heterocycles. The molecule has 0 spiro atoms. The van der Waals surface area contributed by atoms with Crippen molar-refractivity contribution in [3.05, 3.63) is 60.2 Å². The van der Waals surface area contributed by atoms with Crippen LogP contribution < -0.4 is 14.8 Å². The third-order valence-electron chi connectivity index (χ3n) is 4.38. The number of benzene rings is 2. The Morgan fingerprint density at radius 3 is 2.25 bits per heavy atom. The average Bonchev–Trinajstić information content (AvgIpc) is 2.73. The third-order valence-corrected chi connectivity index (χ3v) is 4.38. The van der Waals surface area contributed by atoms with Crippen molar-refractivity contribution in [3.8, 4) is 11.5 Å². The Morgan fingerprint density at radius 2 is 1.64 bits per heavy atom. The van der Waals surface area contributed by atoms with Crippen molar-refractivity contribution in [1.29, 1.82) is 0 Å². The molecule has 6 heteroatoms. The normalized spacial score (nSPS) is 12.5. The van der Waals surface area contributed by atoms with Gasteiger partial charge in [-0.1, -0.05) is 37.3 Å². The van der Waals surface area contributed by atoms with Gasteiger partial charge in [0.1, 0.15) is 11.5 Å². The number of hydrogen-bond donors (Lipinski definition) is 1. The number of carbonyl (C=O) groups is 2. The Hall–Kier alpha value is -3.02. The second-order valence-electron chi connectivity index (χ2n) is 6.36. The lowest BCUT2D eigenvalue weighted by Crippen LogP contribution is -2.38. The van der Waals surface area contributed by atoms with Crippen LogP contribution in [-0.4, -0.2) is 38.2 Å². The van der Waals surface area contributed by atoms with Crippen LogP contribution >= 0.6 is 0 Å². The Balaban J connectivity index is 1.75. The minimum absolute atomic E-state index is 0.214. The second kappa shape index (κ2) is 11.0. The highest BCUT2D eigenvalue weighted by Crippen LogP contribution is 2.18. The molecule has 1 N–H and O–H groups in total. The summed E-state index contributed by atoms with van der Waals surface area (Å²) in [7, 11) is 1.57. The molecular weight excluding hydrogens is 358 g/mol. The predicted molar refractivity (Wildman–Crippen MR) is 107 cm³/mol. The summed E-state index contributed by atoms with van der Waals surface area (Å²) in [5.74, 6) is 0.497. The van der Waals surface area contributed by atoms with Crippen molar-refractivity contribution >= 4 is 11.9 Å². The first kappa shape index (κ1) is 21.3. The number of esters is 1. The average molecular weight is 385 g/mol. The van der Waals surface area contributed by atoms with Gasteiger partial charge in [0.25, 0.3) is 5.91 Å².